The van der Waals surface area contributed by atoms with Gasteiger partial charge in [-0.3, -0.25) is 19.4 Å². The SMILES string of the molecule is O=C(CN1CCCC[C@@H]1Cn1cncn1)Nc1cccnc1. The number of hydrogen-bond acceptors (Lipinski definition) is 5. The van der Waals surface area contributed by atoms with Crippen molar-refractivity contribution >= 4 is 11.6 Å². The fourth-order valence-corrected chi connectivity index (χ4v) is 2.84. The first-order valence-electron chi connectivity index (χ1n) is 7.57. The molecule has 1 aliphatic heterocycles. The number of hydrogen-bond donors (Lipinski definition) is 1. The number of carbonyl (C=O) groups excluding carboxylic acids is 1. The predicted molar refractivity (Wildman–Crippen MR) is 82.1 cm³/mol. The molecule has 2 aromatic rings. The van der Waals surface area contributed by atoms with Gasteiger partial charge in [-0.15, -0.1) is 0 Å². The molecule has 1 N–H and O–H groups in total. The zero-order valence-electron chi connectivity index (χ0n) is 12.4. The molecular weight excluding hydrogens is 280 g/mol. The minimum absolute atomic E-state index is 0.00140. The summed E-state index contributed by atoms with van der Waals surface area (Å²) in [5, 5.41) is 7.05. The Labute approximate surface area is 129 Å². The normalized spacial score (nSPS) is 19.0. The average molecular weight is 300 g/mol. The van der Waals surface area contributed by atoms with E-state index in [1.165, 1.54) is 6.42 Å². The number of anilines is 1. The molecule has 2 aromatic heterocycles. The summed E-state index contributed by atoms with van der Waals surface area (Å²) < 4.78 is 1.84. The maximum atomic E-state index is 12.2. The third kappa shape index (κ3) is 3.88. The lowest BCUT2D eigenvalue weighted by Gasteiger charge is -2.34. The smallest absolute Gasteiger partial charge is 0.238 e. The monoisotopic (exact) mass is 300 g/mol. The highest BCUT2D eigenvalue weighted by Crippen LogP contribution is 2.18. The Morgan fingerprint density at radius 2 is 2.32 bits per heavy atom. The van der Waals surface area contributed by atoms with Crippen molar-refractivity contribution in [1.29, 1.82) is 0 Å². The first kappa shape index (κ1) is 14.6. The lowest BCUT2D eigenvalue weighted by molar-refractivity contribution is -0.118. The highest BCUT2D eigenvalue weighted by molar-refractivity contribution is 5.92. The summed E-state index contributed by atoms with van der Waals surface area (Å²) in [6, 6.07) is 3.98. The highest BCUT2D eigenvalue weighted by atomic mass is 16.2. The molecule has 7 heteroatoms. The molecule has 22 heavy (non-hydrogen) atoms. The predicted octanol–water partition coefficient (Wildman–Crippen LogP) is 1.17. The molecule has 0 saturated carbocycles. The van der Waals surface area contributed by atoms with Gasteiger partial charge in [0, 0.05) is 12.2 Å². The quantitative estimate of drug-likeness (QED) is 0.897. The van der Waals surface area contributed by atoms with E-state index >= 15 is 0 Å². The van der Waals surface area contributed by atoms with Crippen molar-refractivity contribution in [2.45, 2.75) is 31.8 Å². The van der Waals surface area contributed by atoms with Crippen LogP contribution in [-0.2, 0) is 11.3 Å². The van der Waals surface area contributed by atoms with Crippen molar-refractivity contribution in [3.8, 4) is 0 Å². The Balaban J connectivity index is 1.57. The van der Waals surface area contributed by atoms with Crippen molar-refractivity contribution in [2.75, 3.05) is 18.4 Å². The Hall–Kier alpha value is -2.28. The molecule has 0 aliphatic carbocycles. The summed E-state index contributed by atoms with van der Waals surface area (Å²) in [6.45, 7) is 2.12. The largest absolute Gasteiger partial charge is 0.324 e. The molecule has 116 valence electrons. The van der Waals surface area contributed by atoms with Gasteiger partial charge in [0.2, 0.25) is 5.91 Å². The van der Waals surface area contributed by atoms with Crippen LogP contribution >= 0.6 is 0 Å². The van der Waals surface area contributed by atoms with E-state index in [0.29, 0.717) is 12.6 Å². The maximum absolute atomic E-state index is 12.2. The number of aromatic nitrogens is 4. The summed E-state index contributed by atoms with van der Waals surface area (Å²) in [7, 11) is 0. The van der Waals surface area contributed by atoms with Crippen molar-refractivity contribution in [3.63, 3.8) is 0 Å². The summed E-state index contributed by atoms with van der Waals surface area (Å²) in [5.41, 5.74) is 0.734. The van der Waals surface area contributed by atoms with E-state index in [2.05, 4.69) is 25.3 Å². The number of amides is 1. The number of rotatable bonds is 5. The molecule has 0 radical (unpaired) electrons. The van der Waals surface area contributed by atoms with Gasteiger partial charge in [-0.05, 0) is 31.5 Å². The van der Waals surface area contributed by atoms with Crippen molar-refractivity contribution in [1.82, 2.24) is 24.6 Å². The highest BCUT2D eigenvalue weighted by Gasteiger charge is 2.24. The molecule has 3 heterocycles. The van der Waals surface area contributed by atoms with Crippen LogP contribution in [0.15, 0.2) is 37.2 Å². The minimum atomic E-state index is -0.00140. The third-order valence-electron chi connectivity index (χ3n) is 3.91. The van der Waals surface area contributed by atoms with Gasteiger partial charge in [-0.2, -0.15) is 5.10 Å². The number of piperidine rings is 1. The Morgan fingerprint density at radius 3 is 3.09 bits per heavy atom. The average Bonchev–Trinajstić information content (AvgIpc) is 3.03. The van der Waals surface area contributed by atoms with Crippen LogP contribution in [0.4, 0.5) is 5.69 Å². The molecule has 1 aliphatic rings. The molecule has 3 rings (SSSR count). The summed E-state index contributed by atoms with van der Waals surface area (Å²) >= 11 is 0. The van der Waals surface area contributed by atoms with Gasteiger partial charge in [0.15, 0.2) is 0 Å². The fourth-order valence-electron chi connectivity index (χ4n) is 2.84. The van der Waals surface area contributed by atoms with Gasteiger partial charge in [-0.1, -0.05) is 6.42 Å². The zero-order chi connectivity index (χ0) is 15.2. The van der Waals surface area contributed by atoms with Crippen molar-refractivity contribution in [2.24, 2.45) is 0 Å². The molecular formula is C15H20N6O. The molecule has 1 amide bonds. The van der Waals surface area contributed by atoms with Gasteiger partial charge in [0.05, 0.1) is 25.0 Å². The Bertz CT molecular complexity index is 585. The summed E-state index contributed by atoms with van der Waals surface area (Å²) in [5.74, 6) is -0.00140. The van der Waals surface area contributed by atoms with Crippen molar-refractivity contribution in [3.05, 3.63) is 37.2 Å². The van der Waals surface area contributed by atoms with Crippen LogP contribution in [-0.4, -0.2) is 49.7 Å². The third-order valence-corrected chi connectivity index (χ3v) is 3.91. The van der Waals surface area contributed by atoms with E-state index in [4.69, 9.17) is 0 Å². The molecule has 0 spiro atoms. The molecule has 0 bridgehead atoms. The molecule has 1 fully saturated rings. The topological polar surface area (TPSA) is 75.9 Å². The fraction of sp³-hybridized carbons (Fsp3) is 0.467. The van der Waals surface area contributed by atoms with Crippen molar-refractivity contribution < 1.29 is 4.79 Å². The molecule has 7 nitrogen and oxygen atoms in total. The number of likely N-dealkylation sites (tertiary alicyclic amines) is 1. The first-order chi connectivity index (χ1) is 10.8. The summed E-state index contributed by atoms with van der Waals surface area (Å²) in [4.78, 5) is 22.4. The van der Waals surface area contributed by atoms with Gasteiger partial charge < -0.3 is 5.32 Å². The van der Waals surface area contributed by atoms with E-state index in [0.717, 1.165) is 31.6 Å². The lowest BCUT2D eigenvalue weighted by atomic mass is 10.0. The number of nitrogens with one attached hydrogen (secondary N) is 1. The van der Waals surface area contributed by atoms with Gasteiger partial charge in [0.1, 0.15) is 12.7 Å². The van der Waals surface area contributed by atoms with Crippen LogP contribution < -0.4 is 5.32 Å². The second-order valence-electron chi connectivity index (χ2n) is 5.53. The van der Waals surface area contributed by atoms with Crippen LogP contribution in [0.25, 0.3) is 0 Å². The number of carbonyl (C=O) groups is 1. The standard InChI is InChI=1S/C15H20N6O/c22-15(19-13-4-3-6-16-8-13)10-20-7-2-1-5-14(20)9-21-12-17-11-18-21/h3-4,6,8,11-12,14H,1-2,5,7,9-10H2,(H,19,22)/t14-/m1/s1. The molecule has 0 aromatic carbocycles. The number of pyridine rings is 1. The Kier molecular flexibility index (Phi) is 4.75. The van der Waals surface area contributed by atoms with E-state index in [1.54, 1.807) is 25.0 Å². The molecule has 1 atom stereocenters. The Morgan fingerprint density at radius 1 is 1.36 bits per heavy atom. The second-order valence-corrected chi connectivity index (χ2v) is 5.53. The van der Waals surface area contributed by atoms with Crippen LogP contribution in [0.5, 0.6) is 0 Å². The van der Waals surface area contributed by atoms with Gasteiger partial charge in [0.25, 0.3) is 0 Å². The van der Waals surface area contributed by atoms with Crippen LogP contribution in [0.2, 0.25) is 0 Å². The van der Waals surface area contributed by atoms with E-state index in [9.17, 15) is 4.79 Å². The molecule has 1 saturated heterocycles. The van der Waals surface area contributed by atoms with E-state index < -0.39 is 0 Å². The van der Waals surface area contributed by atoms with Gasteiger partial charge >= 0.3 is 0 Å². The van der Waals surface area contributed by atoms with Gasteiger partial charge in [-0.25, -0.2) is 4.98 Å². The van der Waals surface area contributed by atoms with Crippen LogP contribution in [0.1, 0.15) is 19.3 Å². The molecule has 0 unspecified atom stereocenters. The first-order valence-corrected chi connectivity index (χ1v) is 7.57. The number of nitrogens with zero attached hydrogens (tertiary/aromatic N) is 5. The summed E-state index contributed by atoms with van der Waals surface area (Å²) in [6.07, 6.45) is 10.0. The lowest BCUT2D eigenvalue weighted by Crippen LogP contribution is -2.46. The van der Waals surface area contributed by atoms with E-state index in [1.807, 2.05) is 16.8 Å². The van der Waals surface area contributed by atoms with Crippen LogP contribution in [0, 0.1) is 0 Å². The minimum Gasteiger partial charge on any atom is -0.324 e. The van der Waals surface area contributed by atoms with Crippen LogP contribution in [0.3, 0.4) is 0 Å². The second kappa shape index (κ2) is 7.13. The maximum Gasteiger partial charge on any atom is 0.238 e. The zero-order valence-corrected chi connectivity index (χ0v) is 12.4. The van der Waals surface area contributed by atoms with E-state index in [-0.39, 0.29) is 5.91 Å².